The van der Waals surface area contributed by atoms with Gasteiger partial charge in [0.25, 0.3) is 5.69 Å². The van der Waals surface area contributed by atoms with Crippen LogP contribution in [0.5, 0.6) is 0 Å². The van der Waals surface area contributed by atoms with Crippen LogP contribution in [-0.2, 0) is 6.42 Å². The summed E-state index contributed by atoms with van der Waals surface area (Å²) >= 11 is 6.14. The minimum atomic E-state index is -0.396. The van der Waals surface area contributed by atoms with Crippen molar-refractivity contribution in [3.8, 4) is 0 Å². The lowest BCUT2D eigenvalue weighted by Gasteiger charge is -2.26. The van der Waals surface area contributed by atoms with Gasteiger partial charge in [-0.3, -0.25) is 19.9 Å². The van der Waals surface area contributed by atoms with Crippen LogP contribution in [0.25, 0.3) is 10.9 Å². The summed E-state index contributed by atoms with van der Waals surface area (Å²) in [7, 11) is 4.04. The third kappa shape index (κ3) is 4.59. The molecule has 1 atom stereocenters. The van der Waals surface area contributed by atoms with Crippen molar-refractivity contribution in [3.63, 3.8) is 0 Å². The minimum absolute atomic E-state index is 0.0511. The van der Waals surface area contributed by atoms with E-state index >= 15 is 0 Å². The van der Waals surface area contributed by atoms with Gasteiger partial charge in [-0.1, -0.05) is 23.7 Å². The Balaban J connectivity index is 1.76. The Morgan fingerprint density at radius 2 is 1.94 bits per heavy atom. The van der Waals surface area contributed by atoms with Gasteiger partial charge in [0, 0.05) is 46.0 Å². The summed E-state index contributed by atoms with van der Waals surface area (Å²) in [6.45, 7) is 1.55. The topological polar surface area (TPSA) is 91.6 Å². The predicted octanol–water partition coefficient (Wildman–Crippen LogP) is 4.56. The van der Waals surface area contributed by atoms with Crippen molar-refractivity contribution in [2.45, 2.75) is 25.2 Å². The molecule has 3 aromatic rings. The van der Waals surface area contributed by atoms with Gasteiger partial charge in [-0.2, -0.15) is 0 Å². The molecule has 1 N–H and O–H groups in total. The van der Waals surface area contributed by atoms with Gasteiger partial charge in [0.1, 0.15) is 0 Å². The van der Waals surface area contributed by atoms with Crippen molar-refractivity contribution in [2.75, 3.05) is 27.2 Å². The Bertz CT molecular complexity index is 1250. The highest BCUT2D eigenvalue weighted by Crippen LogP contribution is 2.33. The highest BCUT2D eigenvalue weighted by atomic mass is 35.5. The smallest absolute Gasteiger partial charge is 0.269 e. The Morgan fingerprint density at radius 3 is 2.62 bits per heavy atom. The number of aliphatic imine (C=N–C) groups is 1. The maximum atomic E-state index is 13.4. The minimum Gasteiger partial charge on any atom is -0.358 e. The highest BCUT2D eigenvalue weighted by molar-refractivity contribution is 6.31. The summed E-state index contributed by atoms with van der Waals surface area (Å²) < 4.78 is 0. The van der Waals surface area contributed by atoms with Gasteiger partial charge in [-0.15, -0.1) is 0 Å². The van der Waals surface area contributed by atoms with E-state index in [1.54, 1.807) is 24.3 Å². The van der Waals surface area contributed by atoms with Crippen LogP contribution < -0.4 is 5.43 Å². The first kappa shape index (κ1) is 22.2. The highest BCUT2D eigenvalue weighted by Gasteiger charge is 2.28. The molecule has 1 heterocycles. The molecular formula is C24H25ClN4O3. The molecule has 0 fully saturated rings. The van der Waals surface area contributed by atoms with Crippen LogP contribution in [0, 0.1) is 10.1 Å². The summed E-state index contributed by atoms with van der Waals surface area (Å²) in [5, 5.41) is 12.1. The number of halogens is 1. The fourth-order valence-corrected chi connectivity index (χ4v) is 4.44. The Hall–Kier alpha value is -3.03. The van der Waals surface area contributed by atoms with Gasteiger partial charge >= 0.3 is 0 Å². The van der Waals surface area contributed by atoms with Crippen LogP contribution in [0.1, 0.15) is 35.6 Å². The van der Waals surface area contributed by atoms with Crippen LogP contribution in [0.3, 0.4) is 0 Å². The van der Waals surface area contributed by atoms with Crippen molar-refractivity contribution in [2.24, 2.45) is 4.99 Å². The van der Waals surface area contributed by atoms with E-state index in [4.69, 9.17) is 16.6 Å². The van der Waals surface area contributed by atoms with Crippen molar-refractivity contribution < 1.29 is 4.92 Å². The predicted molar refractivity (Wildman–Crippen MR) is 128 cm³/mol. The molecule has 2 aromatic carbocycles. The van der Waals surface area contributed by atoms with E-state index in [-0.39, 0.29) is 17.0 Å². The van der Waals surface area contributed by atoms with E-state index in [0.29, 0.717) is 35.4 Å². The van der Waals surface area contributed by atoms with E-state index in [0.717, 1.165) is 35.5 Å². The molecule has 166 valence electrons. The third-order valence-electron chi connectivity index (χ3n) is 5.86. The summed E-state index contributed by atoms with van der Waals surface area (Å²) in [4.78, 5) is 34.4. The van der Waals surface area contributed by atoms with E-state index in [1.807, 2.05) is 20.2 Å². The molecule has 0 saturated carbocycles. The number of nitro groups is 1. The van der Waals surface area contributed by atoms with Gasteiger partial charge in [-0.05, 0) is 69.6 Å². The van der Waals surface area contributed by atoms with Gasteiger partial charge < -0.3 is 9.88 Å². The van der Waals surface area contributed by atoms with E-state index in [1.165, 1.54) is 12.1 Å². The van der Waals surface area contributed by atoms with E-state index < -0.39 is 4.92 Å². The summed E-state index contributed by atoms with van der Waals surface area (Å²) in [6.07, 6.45) is 2.14. The largest absolute Gasteiger partial charge is 0.358 e. The fourth-order valence-electron chi connectivity index (χ4n) is 4.27. The lowest BCUT2D eigenvalue weighted by atomic mass is 9.80. The van der Waals surface area contributed by atoms with Crippen LogP contribution in [0.15, 0.2) is 52.3 Å². The second kappa shape index (κ2) is 9.22. The number of aromatic nitrogens is 1. The number of hydrogen-bond donors (Lipinski definition) is 1. The summed E-state index contributed by atoms with van der Waals surface area (Å²) in [5.41, 5.74) is 4.04. The first-order valence-corrected chi connectivity index (χ1v) is 11.0. The van der Waals surface area contributed by atoms with Gasteiger partial charge in [0.15, 0.2) is 5.43 Å². The SMILES string of the molecule is CN(C)CCCN=C1CC(c2ccc([N+](=O)[O-])cc2)Cc2[nH]c3ccc(Cl)cc3c(=O)c21. The summed E-state index contributed by atoms with van der Waals surface area (Å²) in [6, 6.07) is 11.9. The summed E-state index contributed by atoms with van der Waals surface area (Å²) in [5.74, 6) is 0.0799. The average molecular weight is 453 g/mol. The molecule has 0 saturated heterocycles. The Morgan fingerprint density at radius 1 is 1.19 bits per heavy atom. The third-order valence-corrected chi connectivity index (χ3v) is 6.10. The number of hydrogen-bond acceptors (Lipinski definition) is 5. The van der Waals surface area contributed by atoms with Crippen LogP contribution in [0.4, 0.5) is 5.69 Å². The number of benzene rings is 2. The maximum absolute atomic E-state index is 13.4. The number of non-ortho nitro benzene ring substituents is 1. The van der Waals surface area contributed by atoms with Gasteiger partial charge in [0.2, 0.25) is 0 Å². The molecule has 32 heavy (non-hydrogen) atoms. The van der Waals surface area contributed by atoms with Crippen molar-refractivity contribution >= 4 is 33.9 Å². The number of fused-ring (bicyclic) bond motifs is 2. The first-order chi connectivity index (χ1) is 15.3. The molecule has 0 bridgehead atoms. The molecule has 1 unspecified atom stereocenters. The average Bonchev–Trinajstić information content (AvgIpc) is 2.77. The molecule has 1 aliphatic carbocycles. The molecule has 0 spiro atoms. The molecule has 0 radical (unpaired) electrons. The Kier molecular flexibility index (Phi) is 6.39. The van der Waals surface area contributed by atoms with Crippen molar-refractivity contribution in [1.29, 1.82) is 0 Å². The zero-order chi connectivity index (χ0) is 22.8. The molecular weight excluding hydrogens is 428 g/mol. The molecule has 0 aliphatic heterocycles. The fraction of sp³-hybridized carbons (Fsp3) is 0.333. The lowest BCUT2D eigenvalue weighted by Crippen LogP contribution is -2.28. The molecule has 0 amide bonds. The quantitative estimate of drug-likeness (QED) is 0.337. The molecule has 4 rings (SSSR count). The monoisotopic (exact) mass is 452 g/mol. The lowest BCUT2D eigenvalue weighted by molar-refractivity contribution is -0.384. The molecule has 7 nitrogen and oxygen atoms in total. The first-order valence-electron chi connectivity index (χ1n) is 10.6. The second-order valence-corrected chi connectivity index (χ2v) is 8.87. The van der Waals surface area contributed by atoms with Gasteiger partial charge in [0.05, 0.1) is 10.5 Å². The molecule has 8 heteroatoms. The number of aromatic amines is 1. The van der Waals surface area contributed by atoms with Gasteiger partial charge in [-0.25, -0.2) is 0 Å². The van der Waals surface area contributed by atoms with Crippen molar-refractivity contribution in [3.05, 3.63) is 84.6 Å². The maximum Gasteiger partial charge on any atom is 0.269 e. The zero-order valence-corrected chi connectivity index (χ0v) is 18.9. The number of nitrogens with one attached hydrogen (secondary N) is 1. The molecule has 1 aliphatic rings. The van der Waals surface area contributed by atoms with Crippen LogP contribution >= 0.6 is 11.6 Å². The van der Waals surface area contributed by atoms with Crippen molar-refractivity contribution in [1.82, 2.24) is 9.88 Å². The molecule has 1 aromatic heterocycles. The number of H-pyrrole nitrogens is 1. The van der Waals surface area contributed by atoms with Crippen LogP contribution in [-0.4, -0.2) is 47.7 Å². The second-order valence-electron chi connectivity index (χ2n) is 8.44. The Labute approximate surface area is 190 Å². The van der Waals surface area contributed by atoms with E-state index in [9.17, 15) is 14.9 Å². The number of nitrogens with zero attached hydrogens (tertiary/aromatic N) is 3. The van der Waals surface area contributed by atoms with E-state index in [2.05, 4.69) is 9.88 Å². The standard InChI is InChI=1S/C24H25ClN4O3/c1-28(2)11-3-10-26-21-12-16(15-4-7-18(8-5-15)29(31)32)13-22-23(21)24(30)19-14-17(25)6-9-20(19)27-22/h4-9,14,16H,3,10-13H2,1-2H3,(H,27,30). The number of nitro benzene ring substituents is 1. The number of pyridine rings is 1. The van der Waals surface area contributed by atoms with Crippen LogP contribution in [0.2, 0.25) is 5.02 Å². The number of rotatable bonds is 6. The normalized spacial score (nSPS) is 17.1. The zero-order valence-electron chi connectivity index (χ0n) is 18.1.